The summed E-state index contributed by atoms with van der Waals surface area (Å²) in [6.07, 6.45) is 0. The lowest BCUT2D eigenvalue weighted by Gasteiger charge is -2.26. The molecule has 0 saturated heterocycles. The van der Waals surface area contributed by atoms with Crippen LogP contribution in [-0.4, -0.2) is 32.5 Å². The summed E-state index contributed by atoms with van der Waals surface area (Å²) in [6, 6.07) is 0.0477. The van der Waals surface area contributed by atoms with E-state index in [1.807, 2.05) is 41.5 Å². The Morgan fingerprint density at radius 3 is 1.68 bits per heavy atom. The topological polar surface area (TPSA) is 58.5 Å². The fraction of sp³-hybridized carbons (Fsp3) is 1.00. The molecule has 0 aromatic rings. The monoisotopic (exact) mass is 315 g/mol. The van der Waals surface area contributed by atoms with E-state index in [4.69, 9.17) is 22.4 Å². The molecule has 0 aliphatic heterocycles. The van der Waals surface area contributed by atoms with E-state index in [2.05, 4.69) is 4.74 Å². The van der Waals surface area contributed by atoms with Gasteiger partial charge in [0.25, 0.3) is 0 Å². The highest BCUT2D eigenvalue weighted by Gasteiger charge is 2.30. The molecule has 0 amide bonds. The Morgan fingerprint density at radius 2 is 1.37 bits per heavy atom. The Balaban J connectivity index is 5.07. The largest absolute Gasteiger partial charge is 0.362 e. The molecule has 116 valence electrons. The Morgan fingerprint density at radius 1 is 0.895 bits per heavy atom. The predicted molar refractivity (Wildman–Crippen MR) is 79.0 cm³/mol. The molecule has 0 fully saturated rings. The molecule has 0 atom stereocenters. The van der Waals surface area contributed by atoms with Crippen LogP contribution < -0.4 is 0 Å². The molecule has 0 saturated carbocycles. The van der Waals surface area contributed by atoms with Crippen molar-refractivity contribution in [3.05, 3.63) is 0 Å². The minimum atomic E-state index is -2.76. The first-order valence-electron chi connectivity index (χ1n) is 6.69. The Bertz CT molecular complexity index is 260. The lowest BCUT2D eigenvalue weighted by Crippen LogP contribution is -2.03. The summed E-state index contributed by atoms with van der Waals surface area (Å²) in [6.45, 7) is 13.4. The normalized spacial score (nSPS) is 12.4. The van der Waals surface area contributed by atoms with Crippen molar-refractivity contribution in [1.82, 2.24) is 0 Å². The van der Waals surface area contributed by atoms with Gasteiger partial charge in [-0.1, -0.05) is 0 Å². The molecule has 0 bridgehead atoms. The summed E-state index contributed by atoms with van der Waals surface area (Å²) in [4.78, 5) is 0. The second kappa shape index (κ2) is 11.2. The molecule has 0 rings (SSSR count). The summed E-state index contributed by atoms with van der Waals surface area (Å²) >= 11 is 0. The van der Waals surface area contributed by atoms with Crippen molar-refractivity contribution in [2.75, 3.05) is 26.4 Å². The van der Waals surface area contributed by atoms with Crippen LogP contribution in [0.15, 0.2) is 4.74 Å². The maximum Gasteiger partial charge on any atom is 0.362 e. The van der Waals surface area contributed by atoms with Crippen molar-refractivity contribution in [2.24, 2.45) is 4.74 Å². The molecular weight excluding hydrogens is 288 g/mol. The van der Waals surface area contributed by atoms with Crippen molar-refractivity contribution >= 4 is 16.3 Å². The van der Waals surface area contributed by atoms with Crippen molar-refractivity contribution in [1.29, 1.82) is 0 Å². The Hall–Kier alpha value is 0.460. The van der Waals surface area contributed by atoms with Gasteiger partial charge in [0.15, 0.2) is 0 Å². The minimum absolute atomic E-state index is 0.0477. The molecule has 0 spiro atoms. The molecule has 0 N–H and O–H groups in total. The lowest BCUT2D eigenvalue weighted by molar-refractivity contribution is 0.170. The maximum atomic E-state index is 5.83. The molecular formula is C11H27NO5P2. The third kappa shape index (κ3) is 8.36. The first-order valence-corrected chi connectivity index (χ1v) is 9.28. The first kappa shape index (κ1) is 19.5. The van der Waals surface area contributed by atoms with E-state index in [1.54, 1.807) is 0 Å². The van der Waals surface area contributed by atoms with E-state index in [1.165, 1.54) is 0 Å². The van der Waals surface area contributed by atoms with Gasteiger partial charge in [0.05, 0.1) is 26.4 Å². The molecule has 19 heavy (non-hydrogen) atoms. The van der Waals surface area contributed by atoms with Crippen LogP contribution in [0.2, 0.25) is 0 Å². The van der Waals surface area contributed by atoms with Gasteiger partial charge in [0.2, 0.25) is 0 Å². The van der Waals surface area contributed by atoms with Crippen LogP contribution in [-0.2, 0) is 22.4 Å². The molecule has 8 heteroatoms. The van der Waals surface area contributed by atoms with Crippen LogP contribution in [0.5, 0.6) is 0 Å². The highest BCUT2D eigenvalue weighted by molar-refractivity contribution is 7.61. The van der Waals surface area contributed by atoms with Crippen LogP contribution in [0.3, 0.4) is 0 Å². The molecule has 0 aliphatic carbocycles. The number of nitrogens with zero attached hydrogens (tertiary/aromatic N) is 1. The first-order chi connectivity index (χ1) is 9.03. The molecule has 0 aromatic carbocycles. The van der Waals surface area contributed by atoms with Crippen LogP contribution >= 0.6 is 16.3 Å². The van der Waals surface area contributed by atoms with Gasteiger partial charge < -0.3 is 18.1 Å². The Labute approximate surface area is 118 Å². The van der Waals surface area contributed by atoms with E-state index in [0.29, 0.717) is 26.4 Å². The standard InChI is InChI=1S/C11H27NO5P2/c1-7-13-18(14-8-2)17-19(15-9-3,16-10-4)12-11(5)6/h11H,7-10H2,1-6H3. The van der Waals surface area contributed by atoms with Gasteiger partial charge in [0, 0.05) is 6.04 Å². The fourth-order valence-corrected chi connectivity index (χ4v) is 4.68. The molecule has 0 radical (unpaired) electrons. The third-order valence-corrected chi connectivity index (χ3v) is 5.81. The second-order valence-corrected chi connectivity index (χ2v) is 6.96. The summed E-state index contributed by atoms with van der Waals surface area (Å²) in [5.41, 5.74) is 0. The van der Waals surface area contributed by atoms with Crippen molar-refractivity contribution < 1.29 is 22.4 Å². The van der Waals surface area contributed by atoms with Crippen LogP contribution in [0, 0.1) is 0 Å². The summed E-state index contributed by atoms with van der Waals surface area (Å²) in [5.74, 6) is 0. The zero-order chi connectivity index (χ0) is 14.7. The van der Waals surface area contributed by atoms with E-state index in [9.17, 15) is 0 Å². The van der Waals surface area contributed by atoms with Gasteiger partial charge in [-0.2, -0.15) is 0 Å². The summed E-state index contributed by atoms with van der Waals surface area (Å²) < 4.78 is 32.5. The van der Waals surface area contributed by atoms with E-state index in [0.717, 1.165) is 0 Å². The van der Waals surface area contributed by atoms with E-state index in [-0.39, 0.29) is 6.04 Å². The number of hydrogen-bond donors (Lipinski definition) is 0. The van der Waals surface area contributed by atoms with Crippen molar-refractivity contribution in [3.8, 4) is 0 Å². The van der Waals surface area contributed by atoms with Crippen LogP contribution in [0.4, 0.5) is 0 Å². The third-order valence-electron chi connectivity index (χ3n) is 1.60. The number of hydrogen-bond acceptors (Lipinski definition) is 6. The Kier molecular flexibility index (Phi) is 11.4. The van der Waals surface area contributed by atoms with Gasteiger partial charge in [-0.3, -0.25) is 0 Å². The zero-order valence-electron chi connectivity index (χ0n) is 12.8. The molecule has 0 heterocycles. The summed E-state index contributed by atoms with van der Waals surface area (Å²) in [5, 5.41) is 0. The van der Waals surface area contributed by atoms with Crippen LogP contribution in [0.25, 0.3) is 0 Å². The SMILES string of the molecule is CCOP(OCC)OP(=NC(C)C)(OCC)OCC. The highest BCUT2D eigenvalue weighted by Crippen LogP contribution is 2.64. The van der Waals surface area contributed by atoms with Crippen molar-refractivity contribution in [2.45, 2.75) is 47.6 Å². The van der Waals surface area contributed by atoms with Gasteiger partial charge in [-0.25, -0.2) is 9.06 Å². The lowest BCUT2D eigenvalue weighted by atomic mass is 10.4. The highest BCUT2D eigenvalue weighted by atomic mass is 31.3. The molecule has 0 unspecified atom stereocenters. The van der Waals surface area contributed by atoms with Gasteiger partial charge in [-0.15, -0.1) is 0 Å². The van der Waals surface area contributed by atoms with Gasteiger partial charge in [-0.05, 0) is 41.5 Å². The average Bonchev–Trinajstić information content (AvgIpc) is 2.29. The van der Waals surface area contributed by atoms with Gasteiger partial charge >= 0.3 is 16.3 Å². The van der Waals surface area contributed by atoms with Crippen molar-refractivity contribution in [3.63, 3.8) is 0 Å². The summed E-state index contributed by atoms with van der Waals surface area (Å²) in [7, 11) is -4.26. The molecule has 6 nitrogen and oxygen atoms in total. The second-order valence-electron chi connectivity index (χ2n) is 3.65. The van der Waals surface area contributed by atoms with E-state index >= 15 is 0 Å². The fourth-order valence-electron chi connectivity index (χ4n) is 1.16. The predicted octanol–water partition coefficient (Wildman–Crippen LogP) is 4.73. The smallest absolute Gasteiger partial charge is 0.312 e. The van der Waals surface area contributed by atoms with Gasteiger partial charge in [0.1, 0.15) is 0 Å². The zero-order valence-corrected chi connectivity index (χ0v) is 14.6. The average molecular weight is 315 g/mol. The number of rotatable bonds is 11. The molecule has 0 aliphatic rings. The van der Waals surface area contributed by atoms with E-state index < -0.39 is 16.3 Å². The molecule has 0 aromatic heterocycles. The minimum Gasteiger partial charge on any atom is -0.312 e. The van der Waals surface area contributed by atoms with Crippen LogP contribution in [0.1, 0.15) is 41.5 Å². The quantitative estimate of drug-likeness (QED) is 0.516. The maximum absolute atomic E-state index is 5.83.